The topological polar surface area (TPSA) is 80.8 Å². The van der Waals surface area contributed by atoms with E-state index in [2.05, 4.69) is 9.88 Å². The number of nitrogens with zero attached hydrogens (tertiary/aromatic N) is 4. The minimum absolute atomic E-state index is 0.0217. The summed E-state index contributed by atoms with van der Waals surface area (Å²) in [6, 6.07) is 12.4. The number of nitro benzene ring substituents is 1. The third-order valence-corrected chi connectivity index (χ3v) is 6.07. The van der Waals surface area contributed by atoms with Crippen LogP contribution in [0.15, 0.2) is 47.3 Å². The molecule has 1 saturated heterocycles. The van der Waals surface area contributed by atoms with E-state index < -0.39 is 4.92 Å². The van der Waals surface area contributed by atoms with Gasteiger partial charge < -0.3 is 4.90 Å². The molecule has 5 rings (SSSR count). The third kappa shape index (κ3) is 2.65. The summed E-state index contributed by atoms with van der Waals surface area (Å²) >= 11 is 1.31. The van der Waals surface area contributed by atoms with Crippen LogP contribution in [0.4, 0.5) is 11.4 Å². The summed E-state index contributed by atoms with van der Waals surface area (Å²) < 4.78 is 2.13. The van der Waals surface area contributed by atoms with Crippen LogP contribution in [-0.2, 0) is 0 Å². The molecule has 0 N–H and O–H groups in total. The first kappa shape index (κ1) is 16.9. The van der Waals surface area contributed by atoms with E-state index in [4.69, 9.17) is 0 Å². The Morgan fingerprint density at radius 3 is 2.71 bits per heavy atom. The maximum Gasteiger partial charge on any atom is 0.274 e. The molecule has 2 aromatic heterocycles. The van der Waals surface area contributed by atoms with Crippen molar-refractivity contribution in [2.45, 2.75) is 12.8 Å². The number of fused-ring (bicyclic) bond motifs is 3. The zero-order valence-corrected chi connectivity index (χ0v) is 15.7. The van der Waals surface area contributed by atoms with E-state index in [1.54, 1.807) is 22.6 Å². The van der Waals surface area contributed by atoms with Crippen molar-refractivity contribution in [3.8, 4) is 0 Å². The Morgan fingerprint density at radius 1 is 1.14 bits per heavy atom. The quantitative estimate of drug-likeness (QED) is 0.396. The standard InChI is InChI=1S/C20H16N4O3S/c25-19-18(28-20-21-15-5-1-2-6-17(15)23(19)20)12-13-11-14(24(26)27)7-8-16(13)22-9-3-4-10-22/h1-2,5-8,11-12H,3-4,9-10H2. The molecule has 0 radical (unpaired) electrons. The lowest BCUT2D eigenvalue weighted by molar-refractivity contribution is -0.384. The minimum atomic E-state index is -0.405. The zero-order chi connectivity index (χ0) is 19.3. The first-order valence-corrected chi connectivity index (χ1v) is 9.88. The summed E-state index contributed by atoms with van der Waals surface area (Å²) in [6.45, 7) is 1.84. The number of anilines is 1. The molecule has 4 aromatic rings. The van der Waals surface area contributed by atoms with Crippen molar-refractivity contribution in [3.05, 3.63) is 73.0 Å². The number of benzene rings is 2. The second kappa shape index (κ2) is 6.42. The van der Waals surface area contributed by atoms with Crippen LogP contribution >= 0.6 is 11.3 Å². The van der Waals surface area contributed by atoms with Crippen molar-refractivity contribution in [2.24, 2.45) is 0 Å². The highest BCUT2D eigenvalue weighted by Crippen LogP contribution is 2.29. The van der Waals surface area contributed by atoms with Crippen molar-refractivity contribution < 1.29 is 4.92 Å². The molecule has 0 unspecified atom stereocenters. The van der Waals surface area contributed by atoms with Crippen LogP contribution in [0.3, 0.4) is 0 Å². The van der Waals surface area contributed by atoms with Gasteiger partial charge in [0.05, 0.1) is 20.5 Å². The molecular formula is C20H16N4O3S. The third-order valence-electron chi connectivity index (χ3n) is 5.10. The molecule has 2 aromatic carbocycles. The Morgan fingerprint density at radius 2 is 1.93 bits per heavy atom. The number of non-ortho nitro benzene ring substituents is 1. The Balaban J connectivity index is 1.73. The molecular weight excluding hydrogens is 376 g/mol. The number of aromatic nitrogens is 2. The fraction of sp³-hybridized carbons (Fsp3) is 0.200. The van der Waals surface area contributed by atoms with Gasteiger partial charge in [-0.2, -0.15) is 0 Å². The first-order chi connectivity index (χ1) is 13.6. The monoisotopic (exact) mass is 392 g/mol. The van der Waals surface area contributed by atoms with Gasteiger partial charge in [0.2, 0.25) is 0 Å². The molecule has 0 amide bonds. The molecule has 7 nitrogen and oxygen atoms in total. The van der Waals surface area contributed by atoms with E-state index >= 15 is 0 Å². The molecule has 1 fully saturated rings. The molecule has 0 spiro atoms. The van der Waals surface area contributed by atoms with Crippen LogP contribution in [0, 0.1) is 10.1 Å². The van der Waals surface area contributed by atoms with Gasteiger partial charge in [0.15, 0.2) is 4.96 Å². The van der Waals surface area contributed by atoms with E-state index in [1.165, 1.54) is 17.4 Å². The molecule has 0 bridgehead atoms. The number of hydrogen-bond acceptors (Lipinski definition) is 6. The molecule has 1 aliphatic rings. The highest BCUT2D eigenvalue weighted by atomic mass is 32.1. The molecule has 140 valence electrons. The SMILES string of the molecule is O=c1c(=Cc2cc([N+](=O)[O-])ccc2N2CCCC2)sc2nc3ccccc3n12. The van der Waals surface area contributed by atoms with Crippen LogP contribution in [0.5, 0.6) is 0 Å². The molecule has 1 aliphatic heterocycles. The van der Waals surface area contributed by atoms with Crippen LogP contribution in [0.25, 0.3) is 22.1 Å². The summed E-state index contributed by atoms with van der Waals surface area (Å²) in [6.07, 6.45) is 3.96. The lowest BCUT2D eigenvalue weighted by Crippen LogP contribution is -2.23. The van der Waals surface area contributed by atoms with Gasteiger partial charge >= 0.3 is 0 Å². The van der Waals surface area contributed by atoms with Gasteiger partial charge in [-0.25, -0.2) is 9.38 Å². The van der Waals surface area contributed by atoms with Gasteiger partial charge in [0, 0.05) is 36.5 Å². The summed E-state index contributed by atoms with van der Waals surface area (Å²) in [5.41, 5.74) is 3.06. The van der Waals surface area contributed by atoms with Crippen molar-refractivity contribution in [1.82, 2.24) is 9.38 Å². The Labute approximate surface area is 163 Å². The Bertz CT molecular complexity index is 1330. The summed E-state index contributed by atoms with van der Waals surface area (Å²) in [5.74, 6) is 0. The summed E-state index contributed by atoms with van der Waals surface area (Å²) in [4.78, 5) is 31.2. The second-order valence-electron chi connectivity index (χ2n) is 6.83. The average molecular weight is 392 g/mol. The van der Waals surface area contributed by atoms with Gasteiger partial charge in [-0.05, 0) is 37.1 Å². The van der Waals surface area contributed by atoms with E-state index in [9.17, 15) is 14.9 Å². The lowest BCUT2D eigenvalue weighted by atomic mass is 10.1. The van der Waals surface area contributed by atoms with E-state index in [-0.39, 0.29) is 11.2 Å². The van der Waals surface area contributed by atoms with E-state index in [0.717, 1.165) is 42.7 Å². The van der Waals surface area contributed by atoms with Gasteiger partial charge in [-0.1, -0.05) is 23.5 Å². The predicted octanol–water partition coefficient (Wildman–Crippen LogP) is 2.97. The number of hydrogen-bond donors (Lipinski definition) is 0. The highest BCUT2D eigenvalue weighted by Gasteiger charge is 2.18. The number of nitro groups is 1. The maximum atomic E-state index is 13.0. The van der Waals surface area contributed by atoms with Gasteiger partial charge in [0.1, 0.15) is 0 Å². The Kier molecular flexibility index (Phi) is 3.87. The van der Waals surface area contributed by atoms with Crippen LogP contribution < -0.4 is 15.0 Å². The van der Waals surface area contributed by atoms with E-state index in [0.29, 0.717) is 15.1 Å². The number of imidazole rings is 1. The second-order valence-corrected chi connectivity index (χ2v) is 7.84. The molecule has 8 heteroatoms. The van der Waals surface area contributed by atoms with Crippen LogP contribution in [0.1, 0.15) is 18.4 Å². The fourth-order valence-electron chi connectivity index (χ4n) is 3.77. The smallest absolute Gasteiger partial charge is 0.274 e. The minimum Gasteiger partial charge on any atom is -0.371 e. The van der Waals surface area contributed by atoms with Crippen molar-refractivity contribution >= 4 is 44.8 Å². The number of thiazole rings is 1. The average Bonchev–Trinajstić information content (AvgIpc) is 3.40. The van der Waals surface area contributed by atoms with Crippen LogP contribution in [-0.4, -0.2) is 27.4 Å². The van der Waals surface area contributed by atoms with Crippen LogP contribution in [0.2, 0.25) is 0 Å². The van der Waals surface area contributed by atoms with Crippen molar-refractivity contribution in [1.29, 1.82) is 0 Å². The Hall–Kier alpha value is -3.26. The van der Waals surface area contributed by atoms with E-state index in [1.807, 2.05) is 24.3 Å². The number of para-hydroxylation sites is 2. The molecule has 28 heavy (non-hydrogen) atoms. The maximum absolute atomic E-state index is 13.0. The zero-order valence-electron chi connectivity index (χ0n) is 14.9. The van der Waals surface area contributed by atoms with Gasteiger partial charge in [0.25, 0.3) is 11.2 Å². The molecule has 0 atom stereocenters. The highest BCUT2D eigenvalue weighted by molar-refractivity contribution is 7.15. The summed E-state index contributed by atoms with van der Waals surface area (Å²) in [5, 5.41) is 11.3. The molecule has 3 heterocycles. The number of rotatable bonds is 3. The van der Waals surface area contributed by atoms with Gasteiger partial charge in [-0.15, -0.1) is 0 Å². The summed E-state index contributed by atoms with van der Waals surface area (Å²) in [7, 11) is 0. The fourth-order valence-corrected chi connectivity index (χ4v) is 4.75. The first-order valence-electron chi connectivity index (χ1n) is 9.07. The predicted molar refractivity (Wildman–Crippen MR) is 110 cm³/mol. The normalized spacial score (nSPS) is 15.1. The van der Waals surface area contributed by atoms with Crippen molar-refractivity contribution in [2.75, 3.05) is 18.0 Å². The lowest BCUT2D eigenvalue weighted by Gasteiger charge is -2.19. The van der Waals surface area contributed by atoms with Gasteiger partial charge in [-0.3, -0.25) is 14.9 Å². The largest absolute Gasteiger partial charge is 0.371 e. The van der Waals surface area contributed by atoms with Crippen molar-refractivity contribution in [3.63, 3.8) is 0 Å². The molecule has 0 saturated carbocycles. The molecule has 0 aliphatic carbocycles.